The number of para-hydroxylation sites is 2. The molecule has 30 heavy (non-hydrogen) atoms. The zero-order valence-electron chi connectivity index (χ0n) is 16.5. The molecule has 0 unspecified atom stereocenters. The molecule has 0 atom stereocenters. The van der Waals surface area contributed by atoms with E-state index in [-0.39, 0.29) is 5.91 Å². The minimum Gasteiger partial charge on any atom is -0.497 e. The summed E-state index contributed by atoms with van der Waals surface area (Å²) in [6.45, 7) is 0. The molecule has 0 aliphatic carbocycles. The fraction of sp³-hybridized carbons (Fsp3) is 0.0833. The number of ether oxygens (including phenoxy) is 1. The van der Waals surface area contributed by atoms with Crippen molar-refractivity contribution in [1.29, 1.82) is 0 Å². The Bertz CT molecular complexity index is 1430. The second kappa shape index (κ2) is 7.15. The van der Waals surface area contributed by atoms with E-state index in [2.05, 4.69) is 15.9 Å². The van der Waals surface area contributed by atoms with Crippen molar-refractivity contribution in [3.8, 4) is 17.1 Å². The van der Waals surface area contributed by atoms with Crippen molar-refractivity contribution in [2.24, 2.45) is 7.05 Å². The number of halogens is 1. The van der Waals surface area contributed by atoms with Gasteiger partial charge in [0.25, 0.3) is 5.91 Å². The highest BCUT2D eigenvalue weighted by Gasteiger charge is 2.22. The maximum absolute atomic E-state index is 13.6. The first-order valence-electron chi connectivity index (χ1n) is 9.48. The average Bonchev–Trinajstić information content (AvgIpc) is 3.30. The topological polar surface area (TPSA) is 49.1 Å². The van der Waals surface area contributed by atoms with Crippen LogP contribution >= 0.6 is 15.9 Å². The highest BCUT2D eigenvalue weighted by atomic mass is 79.9. The van der Waals surface area contributed by atoms with E-state index >= 15 is 0 Å². The number of fused-ring (bicyclic) bond motifs is 2. The highest BCUT2D eigenvalue weighted by Crippen LogP contribution is 2.34. The van der Waals surface area contributed by atoms with Gasteiger partial charge in [0, 0.05) is 39.7 Å². The molecule has 6 heteroatoms. The Morgan fingerprint density at radius 2 is 1.83 bits per heavy atom. The zero-order valence-corrected chi connectivity index (χ0v) is 18.1. The normalized spacial score (nSPS) is 11.3. The number of imidazole rings is 1. The predicted octanol–water partition coefficient (Wildman–Crippen LogP) is 5.65. The van der Waals surface area contributed by atoms with Crippen LogP contribution in [0.2, 0.25) is 0 Å². The Kier molecular flexibility index (Phi) is 4.44. The van der Waals surface area contributed by atoms with E-state index in [0.717, 1.165) is 37.7 Å². The lowest BCUT2D eigenvalue weighted by molar-refractivity contribution is 0.0966. The van der Waals surface area contributed by atoms with E-state index in [0.29, 0.717) is 11.4 Å². The van der Waals surface area contributed by atoms with Crippen molar-refractivity contribution < 1.29 is 9.53 Å². The lowest BCUT2D eigenvalue weighted by atomic mass is 10.1. The number of rotatable bonds is 3. The van der Waals surface area contributed by atoms with E-state index in [1.54, 1.807) is 11.7 Å². The number of hydrogen-bond acceptors (Lipinski definition) is 3. The number of nitrogens with zero attached hydrogens (tertiary/aromatic N) is 3. The summed E-state index contributed by atoms with van der Waals surface area (Å²) >= 11 is 3.46. The molecule has 0 N–H and O–H groups in total. The Hall–Kier alpha value is -3.38. The fourth-order valence-electron chi connectivity index (χ4n) is 3.84. The van der Waals surface area contributed by atoms with Crippen molar-refractivity contribution >= 4 is 43.8 Å². The van der Waals surface area contributed by atoms with Crippen molar-refractivity contribution in [3.63, 3.8) is 0 Å². The number of benzene rings is 3. The number of aromatic nitrogens is 3. The van der Waals surface area contributed by atoms with Crippen LogP contribution in [0.1, 0.15) is 10.4 Å². The maximum Gasteiger partial charge on any atom is 0.264 e. The maximum atomic E-state index is 13.6. The Morgan fingerprint density at radius 1 is 1.00 bits per heavy atom. The van der Waals surface area contributed by atoms with Gasteiger partial charge in [-0.2, -0.15) is 0 Å². The molecule has 0 saturated carbocycles. The number of carbonyl (C=O) groups is 1. The molecule has 5 aromatic rings. The van der Waals surface area contributed by atoms with E-state index in [1.165, 1.54) is 0 Å². The number of hydrogen-bond donors (Lipinski definition) is 0. The standard InChI is InChI=1S/C24H18BrN3O2/c1-27-14-19(18-13-17(30-2)10-11-21(18)27)23-26-20-8-3-4-9-22(20)28(23)24(29)15-6-5-7-16(25)12-15/h3-14H,1-2H3. The molecule has 2 aromatic heterocycles. The van der Waals surface area contributed by atoms with Gasteiger partial charge in [-0.25, -0.2) is 4.98 Å². The van der Waals surface area contributed by atoms with Gasteiger partial charge in [0.05, 0.1) is 18.1 Å². The van der Waals surface area contributed by atoms with Gasteiger partial charge >= 0.3 is 0 Å². The summed E-state index contributed by atoms with van der Waals surface area (Å²) in [4.78, 5) is 18.5. The zero-order chi connectivity index (χ0) is 20.8. The van der Waals surface area contributed by atoms with Gasteiger partial charge < -0.3 is 9.30 Å². The van der Waals surface area contributed by atoms with Crippen molar-refractivity contribution in [2.75, 3.05) is 7.11 Å². The molecular formula is C24H18BrN3O2. The van der Waals surface area contributed by atoms with Crippen LogP contribution in [0.4, 0.5) is 0 Å². The Morgan fingerprint density at radius 3 is 2.63 bits per heavy atom. The minimum atomic E-state index is -0.125. The van der Waals surface area contributed by atoms with Gasteiger partial charge in [0.1, 0.15) is 11.6 Å². The molecule has 0 saturated heterocycles. The summed E-state index contributed by atoms with van der Waals surface area (Å²) in [5.74, 6) is 1.25. The van der Waals surface area contributed by atoms with Crippen molar-refractivity contribution in [2.45, 2.75) is 0 Å². The van der Waals surface area contributed by atoms with Crippen LogP contribution < -0.4 is 4.74 Å². The summed E-state index contributed by atoms with van der Waals surface area (Å²) in [6, 6.07) is 21.0. The largest absolute Gasteiger partial charge is 0.497 e. The molecule has 5 rings (SSSR count). The summed E-state index contributed by atoms with van der Waals surface area (Å²) in [5, 5.41) is 0.982. The molecule has 0 aliphatic rings. The third kappa shape index (κ3) is 2.92. The molecule has 0 aliphatic heterocycles. The van der Waals surface area contributed by atoms with Crippen molar-refractivity contribution in [1.82, 2.24) is 14.1 Å². The van der Waals surface area contributed by atoms with Crippen LogP contribution in [0, 0.1) is 0 Å². The second-order valence-electron chi connectivity index (χ2n) is 7.11. The first-order valence-corrected chi connectivity index (χ1v) is 10.3. The highest BCUT2D eigenvalue weighted by molar-refractivity contribution is 9.10. The molecule has 5 nitrogen and oxygen atoms in total. The first kappa shape index (κ1) is 18.6. The van der Waals surface area contributed by atoms with E-state index in [1.807, 2.05) is 84.5 Å². The lowest BCUT2D eigenvalue weighted by Gasteiger charge is -2.08. The quantitative estimate of drug-likeness (QED) is 0.350. The van der Waals surface area contributed by atoms with Crippen LogP contribution in [0.15, 0.2) is 77.4 Å². The van der Waals surface area contributed by atoms with Crippen LogP contribution in [-0.4, -0.2) is 27.1 Å². The van der Waals surface area contributed by atoms with Crippen LogP contribution in [0.25, 0.3) is 33.3 Å². The molecule has 3 aromatic carbocycles. The number of aryl methyl sites for hydroxylation is 1. The molecular weight excluding hydrogens is 442 g/mol. The molecule has 0 fully saturated rings. The van der Waals surface area contributed by atoms with Gasteiger partial charge in [0.15, 0.2) is 0 Å². The molecule has 0 bridgehead atoms. The molecule has 0 radical (unpaired) electrons. The van der Waals surface area contributed by atoms with Gasteiger partial charge in [-0.15, -0.1) is 0 Å². The Labute approximate surface area is 181 Å². The molecule has 148 valence electrons. The van der Waals surface area contributed by atoms with Crippen LogP contribution in [0.3, 0.4) is 0 Å². The third-order valence-electron chi connectivity index (χ3n) is 5.27. The fourth-order valence-corrected chi connectivity index (χ4v) is 4.24. The lowest BCUT2D eigenvalue weighted by Crippen LogP contribution is -2.13. The molecule has 0 spiro atoms. The van der Waals surface area contributed by atoms with E-state index < -0.39 is 0 Å². The first-order chi connectivity index (χ1) is 14.6. The van der Waals surface area contributed by atoms with Crippen LogP contribution in [-0.2, 0) is 7.05 Å². The minimum absolute atomic E-state index is 0.125. The van der Waals surface area contributed by atoms with Gasteiger partial charge in [-0.3, -0.25) is 9.36 Å². The summed E-state index contributed by atoms with van der Waals surface area (Å²) in [6.07, 6.45) is 2.01. The summed E-state index contributed by atoms with van der Waals surface area (Å²) in [7, 11) is 3.64. The van der Waals surface area contributed by atoms with Crippen molar-refractivity contribution in [3.05, 3.63) is 83.0 Å². The van der Waals surface area contributed by atoms with Gasteiger partial charge in [-0.1, -0.05) is 34.1 Å². The average molecular weight is 460 g/mol. The molecule has 2 heterocycles. The smallest absolute Gasteiger partial charge is 0.264 e. The Balaban J connectivity index is 1.82. The van der Waals surface area contributed by atoms with Crippen LogP contribution in [0.5, 0.6) is 5.75 Å². The summed E-state index contributed by atoms with van der Waals surface area (Å²) < 4.78 is 10.0. The van der Waals surface area contributed by atoms with Gasteiger partial charge in [0.2, 0.25) is 0 Å². The van der Waals surface area contributed by atoms with Gasteiger partial charge in [-0.05, 0) is 48.5 Å². The number of methoxy groups -OCH3 is 1. The predicted molar refractivity (Wildman–Crippen MR) is 122 cm³/mol. The number of carbonyl (C=O) groups excluding carboxylic acids is 1. The van der Waals surface area contributed by atoms with E-state index in [9.17, 15) is 4.79 Å². The molecule has 0 amide bonds. The second-order valence-corrected chi connectivity index (χ2v) is 8.03. The monoisotopic (exact) mass is 459 g/mol. The SMILES string of the molecule is COc1ccc2c(c1)c(-c1nc3ccccc3n1C(=O)c1cccc(Br)c1)cn2C. The third-order valence-corrected chi connectivity index (χ3v) is 5.77. The van der Waals surface area contributed by atoms with E-state index in [4.69, 9.17) is 9.72 Å². The summed E-state index contributed by atoms with van der Waals surface area (Å²) in [5.41, 5.74) is 4.06.